The average Bonchev–Trinajstić information content (AvgIpc) is 2.94. The number of aromatic nitrogens is 1. The number of hydrogen-bond donors (Lipinski definition) is 0. The van der Waals surface area contributed by atoms with Crippen molar-refractivity contribution >= 4 is 23.4 Å². The van der Waals surface area contributed by atoms with Crippen molar-refractivity contribution in [2.24, 2.45) is 7.05 Å². The normalized spacial score (nSPS) is 12.0. The Labute approximate surface area is 150 Å². The molecule has 5 nitrogen and oxygen atoms in total. The summed E-state index contributed by atoms with van der Waals surface area (Å²) < 4.78 is 2.02. The van der Waals surface area contributed by atoms with Gasteiger partial charge in [0.25, 0.3) is 0 Å². The lowest BCUT2D eigenvalue weighted by Crippen LogP contribution is -2.45. The van der Waals surface area contributed by atoms with Crippen LogP contribution in [0.3, 0.4) is 0 Å². The van der Waals surface area contributed by atoms with Gasteiger partial charge in [0, 0.05) is 32.0 Å². The van der Waals surface area contributed by atoms with Crippen LogP contribution in [-0.2, 0) is 23.2 Å². The van der Waals surface area contributed by atoms with Crippen LogP contribution in [0.25, 0.3) is 0 Å². The first kappa shape index (κ1) is 20.6. The fourth-order valence-electron chi connectivity index (χ4n) is 2.55. The van der Waals surface area contributed by atoms with Gasteiger partial charge in [-0.05, 0) is 31.9 Å². The van der Waals surface area contributed by atoms with Crippen molar-refractivity contribution in [1.29, 1.82) is 0 Å². The van der Waals surface area contributed by atoms with E-state index in [1.165, 1.54) is 0 Å². The summed E-state index contributed by atoms with van der Waals surface area (Å²) in [6.45, 7) is 7.65. The largest absolute Gasteiger partial charge is 0.353 e. The zero-order valence-corrected chi connectivity index (χ0v) is 16.1. The molecule has 0 saturated carbocycles. The molecule has 0 spiro atoms. The van der Waals surface area contributed by atoms with Crippen LogP contribution in [-0.4, -0.2) is 51.2 Å². The Kier molecular flexibility index (Phi) is 8.90. The summed E-state index contributed by atoms with van der Waals surface area (Å²) in [4.78, 5) is 28.4. The van der Waals surface area contributed by atoms with Crippen LogP contribution in [0.2, 0.25) is 0 Å². The van der Waals surface area contributed by atoms with Gasteiger partial charge in [0.2, 0.25) is 11.8 Å². The van der Waals surface area contributed by atoms with Gasteiger partial charge in [0.1, 0.15) is 5.38 Å². The van der Waals surface area contributed by atoms with Gasteiger partial charge >= 0.3 is 0 Å². The number of alkyl halides is 1. The van der Waals surface area contributed by atoms with E-state index in [4.69, 9.17) is 11.6 Å². The van der Waals surface area contributed by atoms with Crippen LogP contribution < -0.4 is 0 Å². The van der Waals surface area contributed by atoms with Gasteiger partial charge in [-0.1, -0.05) is 20.3 Å². The van der Waals surface area contributed by atoms with Gasteiger partial charge in [-0.25, -0.2) is 0 Å². The average molecular weight is 356 g/mol. The molecule has 0 aliphatic heterocycles. The second-order valence-corrected chi connectivity index (χ2v) is 6.81. The van der Waals surface area contributed by atoms with Crippen molar-refractivity contribution in [3.05, 3.63) is 24.0 Å². The zero-order chi connectivity index (χ0) is 18.1. The summed E-state index contributed by atoms with van der Waals surface area (Å²) in [5.41, 5.74) is 1.08. The fraction of sp³-hybridized carbons (Fsp3) is 0.667. The third-order valence-electron chi connectivity index (χ3n) is 4.01. The van der Waals surface area contributed by atoms with Crippen LogP contribution in [0.5, 0.6) is 0 Å². The first-order valence-electron chi connectivity index (χ1n) is 8.71. The van der Waals surface area contributed by atoms with Crippen molar-refractivity contribution in [1.82, 2.24) is 14.4 Å². The van der Waals surface area contributed by atoms with E-state index in [-0.39, 0.29) is 18.4 Å². The third kappa shape index (κ3) is 6.19. The lowest BCUT2D eigenvalue weighted by Gasteiger charge is -2.28. The Hall–Kier alpha value is -1.49. The molecule has 136 valence electrons. The van der Waals surface area contributed by atoms with Crippen molar-refractivity contribution < 1.29 is 9.59 Å². The molecule has 0 aliphatic rings. The van der Waals surface area contributed by atoms with Crippen LogP contribution in [0.15, 0.2) is 18.3 Å². The quantitative estimate of drug-likeness (QED) is 0.605. The summed E-state index contributed by atoms with van der Waals surface area (Å²) >= 11 is 5.92. The summed E-state index contributed by atoms with van der Waals surface area (Å²) in [5, 5.41) is -0.610. The number of nitrogens with zero attached hydrogens (tertiary/aromatic N) is 3. The molecule has 0 aromatic carbocycles. The topological polar surface area (TPSA) is 45.6 Å². The molecule has 1 aromatic heterocycles. The molecule has 24 heavy (non-hydrogen) atoms. The maximum Gasteiger partial charge on any atom is 0.242 e. The van der Waals surface area contributed by atoms with Crippen molar-refractivity contribution in [3.8, 4) is 0 Å². The molecular formula is C18H30ClN3O2. The van der Waals surface area contributed by atoms with Gasteiger partial charge in [0.15, 0.2) is 0 Å². The smallest absolute Gasteiger partial charge is 0.242 e. The Bertz CT molecular complexity index is 528. The number of amides is 2. The van der Waals surface area contributed by atoms with Gasteiger partial charge < -0.3 is 14.4 Å². The molecule has 1 unspecified atom stereocenters. The highest BCUT2D eigenvalue weighted by molar-refractivity contribution is 6.30. The lowest BCUT2D eigenvalue weighted by molar-refractivity contribution is -0.140. The SMILES string of the molecule is CCCCN(Cc1cccn1C)C(=O)CN(CCC)C(=O)C(C)Cl. The molecule has 1 aromatic rings. The Balaban J connectivity index is 2.81. The summed E-state index contributed by atoms with van der Waals surface area (Å²) in [6.07, 6.45) is 4.74. The van der Waals surface area contributed by atoms with Crippen LogP contribution in [0, 0.1) is 0 Å². The maximum absolute atomic E-state index is 12.8. The molecule has 0 bridgehead atoms. The van der Waals surface area contributed by atoms with E-state index in [1.807, 2.05) is 41.8 Å². The summed E-state index contributed by atoms with van der Waals surface area (Å²) in [6, 6.07) is 3.99. The molecule has 1 heterocycles. The van der Waals surface area contributed by atoms with Gasteiger partial charge in [-0.2, -0.15) is 0 Å². The molecule has 0 fully saturated rings. The van der Waals surface area contributed by atoms with Crippen molar-refractivity contribution in [2.45, 2.75) is 52.0 Å². The van der Waals surface area contributed by atoms with Crippen LogP contribution in [0.1, 0.15) is 45.7 Å². The predicted molar refractivity (Wildman–Crippen MR) is 97.9 cm³/mol. The monoisotopic (exact) mass is 355 g/mol. The molecule has 1 rings (SSSR count). The number of carbonyl (C=O) groups is 2. The maximum atomic E-state index is 12.8. The fourth-order valence-corrected chi connectivity index (χ4v) is 2.69. The molecule has 6 heteroatoms. The molecule has 0 radical (unpaired) electrons. The number of rotatable bonds is 10. The van der Waals surface area contributed by atoms with Crippen LogP contribution in [0.4, 0.5) is 0 Å². The number of hydrogen-bond acceptors (Lipinski definition) is 2. The Morgan fingerprint density at radius 3 is 2.42 bits per heavy atom. The van der Waals surface area contributed by atoms with E-state index >= 15 is 0 Å². The molecule has 0 N–H and O–H groups in total. The van der Waals surface area contributed by atoms with Crippen molar-refractivity contribution in [3.63, 3.8) is 0 Å². The van der Waals surface area contributed by atoms with Crippen LogP contribution >= 0.6 is 11.6 Å². The molecule has 1 atom stereocenters. The summed E-state index contributed by atoms with van der Waals surface area (Å²) in [5.74, 6) is -0.204. The summed E-state index contributed by atoms with van der Waals surface area (Å²) in [7, 11) is 1.97. The van der Waals surface area contributed by atoms with Crippen molar-refractivity contribution in [2.75, 3.05) is 19.6 Å². The molecular weight excluding hydrogens is 326 g/mol. The van der Waals surface area contributed by atoms with Gasteiger partial charge in [0.05, 0.1) is 13.1 Å². The first-order chi connectivity index (χ1) is 11.4. The first-order valence-corrected chi connectivity index (χ1v) is 9.15. The van der Waals surface area contributed by atoms with E-state index in [1.54, 1.807) is 11.8 Å². The molecule has 0 saturated heterocycles. The number of unbranched alkanes of at least 4 members (excludes halogenated alkanes) is 1. The number of halogens is 1. The van der Waals surface area contributed by atoms with E-state index in [9.17, 15) is 9.59 Å². The Morgan fingerprint density at radius 2 is 1.92 bits per heavy atom. The molecule has 0 aliphatic carbocycles. The predicted octanol–water partition coefficient (Wildman–Crippen LogP) is 3.02. The Morgan fingerprint density at radius 1 is 1.21 bits per heavy atom. The zero-order valence-electron chi connectivity index (χ0n) is 15.3. The van der Waals surface area contributed by atoms with Gasteiger partial charge in [-0.3, -0.25) is 9.59 Å². The van der Waals surface area contributed by atoms with E-state index in [2.05, 4.69) is 6.92 Å². The van der Waals surface area contributed by atoms with E-state index in [0.29, 0.717) is 19.6 Å². The van der Waals surface area contributed by atoms with E-state index in [0.717, 1.165) is 25.0 Å². The molecule has 2 amide bonds. The van der Waals surface area contributed by atoms with E-state index < -0.39 is 5.38 Å². The van der Waals surface area contributed by atoms with Gasteiger partial charge in [-0.15, -0.1) is 11.6 Å². The standard InChI is InChI=1S/C18H30ClN3O2/c1-5-7-12-21(13-16-9-8-11-20(16)4)17(23)14-22(10-6-2)18(24)15(3)19/h8-9,11,15H,5-7,10,12-14H2,1-4H3. The highest BCUT2D eigenvalue weighted by Crippen LogP contribution is 2.09. The highest BCUT2D eigenvalue weighted by atomic mass is 35.5. The third-order valence-corrected chi connectivity index (χ3v) is 4.20. The second kappa shape index (κ2) is 10.4. The minimum atomic E-state index is -0.610. The number of carbonyl (C=O) groups excluding carboxylic acids is 2. The highest BCUT2D eigenvalue weighted by Gasteiger charge is 2.23. The lowest BCUT2D eigenvalue weighted by atomic mass is 10.2. The minimum absolute atomic E-state index is 0.0243. The number of aryl methyl sites for hydroxylation is 1. The second-order valence-electron chi connectivity index (χ2n) is 6.16. The minimum Gasteiger partial charge on any atom is -0.353 e.